The quantitative estimate of drug-likeness (QED) is 0.664. The molecule has 0 saturated heterocycles. The molecule has 0 aliphatic heterocycles. The van der Waals surface area contributed by atoms with E-state index in [1.807, 2.05) is 18.2 Å². The second-order valence-corrected chi connectivity index (χ2v) is 5.26. The van der Waals surface area contributed by atoms with Crippen molar-refractivity contribution in [3.8, 4) is 5.75 Å². The van der Waals surface area contributed by atoms with Gasteiger partial charge in [0.05, 0.1) is 7.11 Å². The van der Waals surface area contributed by atoms with Crippen molar-refractivity contribution in [1.82, 2.24) is 5.32 Å². The molecule has 0 aromatic heterocycles. The fourth-order valence-corrected chi connectivity index (χ4v) is 1.69. The van der Waals surface area contributed by atoms with E-state index in [1.54, 1.807) is 7.11 Å². The monoisotopic (exact) mass is 255 g/mol. The number of hydrogen-bond donors (Lipinski definition) is 1. The zero-order chi connectivity index (χ0) is 13.1. The highest BCUT2D eigenvalue weighted by atomic mass is 35.5. The molecule has 4 heteroatoms. The van der Waals surface area contributed by atoms with E-state index in [4.69, 9.17) is 16.3 Å². The second-order valence-electron chi connectivity index (χ2n) is 4.91. The summed E-state index contributed by atoms with van der Waals surface area (Å²) >= 11 is 5.24. The molecule has 0 aliphatic rings. The lowest BCUT2D eigenvalue weighted by molar-refractivity contribution is 0.259. The number of amides is 1. The van der Waals surface area contributed by atoms with Gasteiger partial charge in [-0.15, -0.1) is 0 Å². The summed E-state index contributed by atoms with van der Waals surface area (Å²) in [7, 11) is 1.66. The van der Waals surface area contributed by atoms with Crippen LogP contribution in [0.4, 0.5) is 4.79 Å². The first-order chi connectivity index (χ1) is 7.84. The number of methoxy groups -OCH3 is 1. The number of nitrogens with one attached hydrogen (secondary N) is 1. The Morgan fingerprint density at radius 2 is 2.06 bits per heavy atom. The molecule has 1 rings (SSSR count). The van der Waals surface area contributed by atoms with Crippen molar-refractivity contribution in [2.45, 2.75) is 32.7 Å². The second kappa shape index (κ2) is 5.41. The van der Waals surface area contributed by atoms with Gasteiger partial charge in [0.2, 0.25) is 0 Å². The summed E-state index contributed by atoms with van der Waals surface area (Å²) < 4.78 is 5.34. The molecule has 0 spiro atoms. The van der Waals surface area contributed by atoms with E-state index < -0.39 is 5.37 Å². The Morgan fingerprint density at radius 3 is 2.53 bits per heavy atom. The van der Waals surface area contributed by atoms with Gasteiger partial charge >= 0.3 is 5.37 Å². The summed E-state index contributed by atoms with van der Waals surface area (Å²) in [4.78, 5) is 10.7. The van der Waals surface area contributed by atoms with Gasteiger partial charge in [-0.25, -0.2) is 0 Å². The molecule has 0 bridgehead atoms. The van der Waals surface area contributed by atoms with Crippen molar-refractivity contribution in [1.29, 1.82) is 0 Å². The number of halogens is 1. The Kier molecular flexibility index (Phi) is 4.40. The van der Waals surface area contributed by atoms with Gasteiger partial charge in [0.15, 0.2) is 0 Å². The Balaban J connectivity index is 3.01. The molecule has 0 atom stereocenters. The van der Waals surface area contributed by atoms with Crippen LogP contribution in [0.5, 0.6) is 5.75 Å². The highest BCUT2D eigenvalue weighted by molar-refractivity contribution is 6.62. The number of hydrogen-bond acceptors (Lipinski definition) is 2. The van der Waals surface area contributed by atoms with Crippen molar-refractivity contribution in [3.05, 3.63) is 29.3 Å². The van der Waals surface area contributed by atoms with E-state index in [0.29, 0.717) is 6.54 Å². The molecule has 0 unspecified atom stereocenters. The van der Waals surface area contributed by atoms with Crippen molar-refractivity contribution in [3.63, 3.8) is 0 Å². The summed E-state index contributed by atoms with van der Waals surface area (Å²) in [6.45, 7) is 6.79. The minimum atomic E-state index is -0.543. The van der Waals surface area contributed by atoms with Crippen LogP contribution in [0.25, 0.3) is 0 Å². The molecular formula is C13H18ClNO2. The van der Waals surface area contributed by atoms with Crippen LogP contribution >= 0.6 is 11.6 Å². The Hall–Kier alpha value is -1.22. The summed E-state index contributed by atoms with van der Waals surface area (Å²) in [5.41, 5.74) is 2.11. The fourth-order valence-electron chi connectivity index (χ4n) is 1.62. The smallest absolute Gasteiger partial charge is 0.314 e. The number of benzene rings is 1. The van der Waals surface area contributed by atoms with Crippen LogP contribution in [-0.4, -0.2) is 12.5 Å². The first-order valence-corrected chi connectivity index (χ1v) is 5.83. The number of carbonyl (C=O) groups is 1. The molecule has 1 aromatic rings. The number of carbonyl (C=O) groups excluding carboxylic acids is 1. The van der Waals surface area contributed by atoms with Gasteiger partial charge in [0.1, 0.15) is 5.75 Å². The minimum absolute atomic E-state index is 0.00761. The summed E-state index contributed by atoms with van der Waals surface area (Å²) in [5.74, 6) is 0.860. The van der Waals surface area contributed by atoms with Gasteiger partial charge in [0.25, 0.3) is 0 Å². The van der Waals surface area contributed by atoms with Crippen molar-refractivity contribution >= 4 is 17.0 Å². The predicted molar refractivity (Wildman–Crippen MR) is 69.8 cm³/mol. The third kappa shape index (κ3) is 3.93. The highest BCUT2D eigenvalue weighted by Gasteiger charge is 2.19. The van der Waals surface area contributed by atoms with Crippen molar-refractivity contribution < 1.29 is 9.53 Å². The maximum atomic E-state index is 10.7. The fraction of sp³-hybridized carbons (Fsp3) is 0.462. The van der Waals surface area contributed by atoms with Crippen LogP contribution in [0.15, 0.2) is 18.2 Å². The first-order valence-electron chi connectivity index (χ1n) is 5.45. The molecule has 1 amide bonds. The van der Waals surface area contributed by atoms with E-state index in [-0.39, 0.29) is 5.41 Å². The van der Waals surface area contributed by atoms with E-state index in [9.17, 15) is 4.79 Å². The predicted octanol–water partition coefficient (Wildman–Crippen LogP) is 3.44. The normalized spacial score (nSPS) is 11.1. The topological polar surface area (TPSA) is 38.3 Å². The molecule has 0 heterocycles. The molecule has 0 aliphatic carbocycles. The average molecular weight is 256 g/mol. The van der Waals surface area contributed by atoms with Crippen LogP contribution in [0.1, 0.15) is 31.9 Å². The van der Waals surface area contributed by atoms with E-state index in [1.165, 1.54) is 0 Å². The van der Waals surface area contributed by atoms with Crippen LogP contribution in [0.2, 0.25) is 0 Å². The third-order valence-corrected chi connectivity index (χ3v) is 2.64. The largest absolute Gasteiger partial charge is 0.496 e. The van der Waals surface area contributed by atoms with E-state index >= 15 is 0 Å². The molecular weight excluding hydrogens is 238 g/mol. The Bertz CT molecular complexity index is 410. The van der Waals surface area contributed by atoms with E-state index in [2.05, 4.69) is 26.1 Å². The van der Waals surface area contributed by atoms with Crippen LogP contribution in [0, 0.1) is 0 Å². The standard InChI is InChI=1S/C13H18ClNO2/c1-13(2,3)10-7-9(8-15-12(14)16)5-6-11(10)17-4/h5-7H,8H2,1-4H3,(H,15,16). The van der Waals surface area contributed by atoms with Crippen molar-refractivity contribution in [2.75, 3.05) is 7.11 Å². The zero-order valence-corrected chi connectivity index (χ0v) is 11.4. The summed E-state index contributed by atoms with van der Waals surface area (Å²) in [6, 6.07) is 5.86. The Labute approximate surface area is 107 Å². The van der Waals surface area contributed by atoms with Crippen LogP contribution < -0.4 is 10.1 Å². The third-order valence-electron chi connectivity index (χ3n) is 2.50. The van der Waals surface area contributed by atoms with Crippen LogP contribution in [-0.2, 0) is 12.0 Å². The minimum Gasteiger partial charge on any atom is -0.496 e. The molecule has 1 N–H and O–H groups in total. The maximum Gasteiger partial charge on any atom is 0.314 e. The molecule has 0 saturated carbocycles. The first kappa shape index (κ1) is 13.8. The lowest BCUT2D eigenvalue weighted by Crippen LogP contribution is -2.17. The number of rotatable bonds is 3. The van der Waals surface area contributed by atoms with Crippen molar-refractivity contribution in [2.24, 2.45) is 0 Å². The molecule has 1 aromatic carbocycles. The zero-order valence-electron chi connectivity index (χ0n) is 10.6. The van der Waals surface area contributed by atoms with Gasteiger partial charge in [-0.05, 0) is 40.3 Å². The summed E-state index contributed by atoms with van der Waals surface area (Å²) in [5, 5.41) is 2.02. The van der Waals surface area contributed by atoms with Gasteiger partial charge in [0, 0.05) is 6.54 Å². The number of ether oxygens (including phenoxy) is 1. The lowest BCUT2D eigenvalue weighted by Gasteiger charge is -2.23. The SMILES string of the molecule is COc1ccc(CNC(=O)Cl)cc1C(C)(C)C. The average Bonchev–Trinajstić information content (AvgIpc) is 2.24. The lowest BCUT2D eigenvalue weighted by atomic mass is 9.85. The Morgan fingerprint density at radius 1 is 1.41 bits per heavy atom. The summed E-state index contributed by atoms with van der Waals surface area (Å²) in [6.07, 6.45) is 0. The molecule has 94 valence electrons. The van der Waals surface area contributed by atoms with Gasteiger partial charge in [-0.3, -0.25) is 4.79 Å². The maximum absolute atomic E-state index is 10.7. The van der Waals surface area contributed by atoms with Crippen LogP contribution in [0.3, 0.4) is 0 Å². The highest BCUT2D eigenvalue weighted by Crippen LogP contribution is 2.31. The van der Waals surface area contributed by atoms with Gasteiger partial charge in [-0.2, -0.15) is 0 Å². The molecule has 17 heavy (non-hydrogen) atoms. The van der Waals surface area contributed by atoms with Gasteiger partial charge in [-0.1, -0.05) is 26.8 Å². The molecule has 3 nitrogen and oxygen atoms in total. The van der Waals surface area contributed by atoms with E-state index in [0.717, 1.165) is 16.9 Å². The molecule has 0 radical (unpaired) electrons. The molecule has 0 fully saturated rings. The van der Waals surface area contributed by atoms with Gasteiger partial charge < -0.3 is 10.1 Å².